The number of hydrogen-bond donors (Lipinski definition) is 1. The van der Waals surface area contributed by atoms with Crippen molar-refractivity contribution in [2.45, 2.75) is 45.7 Å². The number of rotatable bonds is 6. The molecule has 1 aromatic rings. The van der Waals surface area contributed by atoms with E-state index in [9.17, 15) is 18.0 Å². The summed E-state index contributed by atoms with van der Waals surface area (Å²) in [5.41, 5.74) is 0.615. The number of amides is 2. The molecule has 0 bridgehead atoms. The van der Waals surface area contributed by atoms with Crippen LogP contribution >= 0.6 is 0 Å². The normalized spacial score (nSPS) is 20.0. The predicted octanol–water partition coefficient (Wildman–Crippen LogP) is 1.26. The van der Waals surface area contributed by atoms with Crippen LogP contribution in [0, 0.1) is 0 Å². The summed E-state index contributed by atoms with van der Waals surface area (Å²) < 4.78 is 23.4. The van der Waals surface area contributed by atoms with Gasteiger partial charge in [0.1, 0.15) is 0 Å². The molecule has 0 saturated carbocycles. The molecule has 0 radical (unpaired) electrons. The van der Waals surface area contributed by atoms with Gasteiger partial charge < -0.3 is 10.2 Å². The van der Waals surface area contributed by atoms with Crippen molar-refractivity contribution in [2.75, 3.05) is 18.1 Å². The maximum Gasteiger partial charge on any atom is 0.255 e. The van der Waals surface area contributed by atoms with E-state index in [4.69, 9.17) is 0 Å². The molecule has 1 N–H and O–H groups in total. The summed E-state index contributed by atoms with van der Waals surface area (Å²) in [5.74, 6) is -0.469. The van der Waals surface area contributed by atoms with Crippen LogP contribution in [0.5, 0.6) is 0 Å². The van der Waals surface area contributed by atoms with Gasteiger partial charge in [-0.2, -0.15) is 0 Å². The summed E-state index contributed by atoms with van der Waals surface area (Å²) in [4.78, 5) is 30.6. The highest BCUT2D eigenvalue weighted by Crippen LogP contribution is 2.20. The van der Waals surface area contributed by atoms with Crippen LogP contribution < -0.4 is 5.32 Å². The second kappa shape index (κ2) is 7.95. The molecule has 2 unspecified atom stereocenters. The zero-order valence-electron chi connectivity index (χ0n) is 14.9. The zero-order valence-corrected chi connectivity index (χ0v) is 15.7. The van der Waals surface area contributed by atoms with Crippen LogP contribution in [0.3, 0.4) is 0 Å². The van der Waals surface area contributed by atoms with Crippen molar-refractivity contribution in [1.29, 1.82) is 0 Å². The van der Waals surface area contributed by atoms with Gasteiger partial charge in [-0.05, 0) is 32.8 Å². The number of nitrogens with zero attached hydrogens (tertiary/aromatic N) is 2. The lowest BCUT2D eigenvalue weighted by molar-refractivity contribution is 0.0708. The number of nitrogens with one attached hydrogen (secondary N) is 1. The Labute approximate surface area is 148 Å². The first-order valence-electron chi connectivity index (χ1n) is 8.54. The zero-order chi connectivity index (χ0) is 18.6. The smallest absolute Gasteiger partial charge is 0.255 e. The molecule has 1 aliphatic rings. The number of aromatic nitrogens is 1. The minimum atomic E-state index is -3.08. The average Bonchev–Trinajstić information content (AvgIpc) is 2.95. The molecule has 1 aliphatic heterocycles. The number of carbonyl (C=O) groups excluding carboxylic acids is 2. The van der Waals surface area contributed by atoms with Crippen molar-refractivity contribution in [3.63, 3.8) is 0 Å². The number of carbonyl (C=O) groups is 2. The molecule has 2 atom stereocenters. The lowest BCUT2D eigenvalue weighted by Crippen LogP contribution is -2.41. The van der Waals surface area contributed by atoms with Crippen LogP contribution in [0.15, 0.2) is 18.5 Å². The summed E-state index contributed by atoms with van der Waals surface area (Å²) in [6, 6.07) is 1.22. The highest BCUT2D eigenvalue weighted by atomic mass is 32.2. The molecule has 1 fully saturated rings. The summed E-state index contributed by atoms with van der Waals surface area (Å²) >= 11 is 0. The lowest BCUT2D eigenvalue weighted by Gasteiger charge is -2.27. The fourth-order valence-electron chi connectivity index (χ4n) is 2.84. The van der Waals surface area contributed by atoms with Gasteiger partial charge in [-0.15, -0.1) is 0 Å². The molecule has 25 heavy (non-hydrogen) atoms. The summed E-state index contributed by atoms with van der Waals surface area (Å²) in [7, 11) is -3.08. The molecule has 2 heterocycles. The standard InChI is InChI=1S/C17H25N3O4S/c1-4-12(3)19-16(21)13-8-14(10-18-9-13)17(22)20(5-2)15-6-7-25(23,24)11-15/h8-10,12,15H,4-7,11H2,1-3H3,(H,19,21). The molecule has 7 nitrogen and oxygen atoms in total. The second-order valence-electron chi connectivity index (χ2n) is 6.39. The van der Waals surface area contributed by atoms with Crippen LogP contribution in [-0.4, -0.2) is 60.3 Å². The van der Waals surface area contributed by atoms with Crippen LogP contribution in [0.25, 0.3) is 0 Å². The molecule has 0 aliphatic carbocycles. The first-order chi connectivity index (χ1) is 11.8. The van der Waals surface area contributed by atoms with Gasteiger partial charge in [-0.25, -0.2) is 8.42 Å². The Morgan fingerprint density at radius 2 is 2.00 bits per heavy atom. The monoisotopic (exact) mass is 367 g/mol. The molecular formula is C17H25N3O4S. The number of pyridine rings is 1. The topological polar surface area (TPSA) is 96.4 Å². The third-order valence-electron chi connectivity index (χ3n) is 4.49. The Morgan fingerprint density at radius 1 is 1.32 bits per heavy atom. The van der Waals surface area contributed by atoms with Gasteiger partial charge in [0, 0.05) is 31.0 Å². The minimum absolute atomic E-state index is 0.00575. The van der Waals surface area contributed by atoms with Gasteiger partial charge in [-0.3, -0.25) is 14.6 Å². The first-order valence-corrected chi connectivity index (χ1v) is 10.4. The Kier molecular flexibility index (Phi) is 6.16. The minimum Gasteiger partial charge on any atom is -0.350 e. The van der Waals surface area contributed by atoms with E-state index >= 15 is 0 Å². The number of hydrogen-bond acceptors (Lipinski definition) is 5. The van der Waals surface area contributed by atoms with Gasteiger partial charge in [-0.1, -0.05) is 6.92 Å². The molecule has 0 aromatic carbocycles. The molecule has 2 amide bonds. The quantitative estimate of drug-likeness (QED) is 0.816. The van der Waals surface area contributed by atoms with E-state index in [0.717, 1.165) is 6.42 Å². The molecule has 2 rings (SSSR count). The van der Waals surface area contributed by atoms with E-state index in [1.807, 2.05) is 20.8 Å². The lowest BCUT2D eigenvalue weighted by atomic mass is 10.1. The third kappa shape index (κ3) is 4.78. The fourth-order valence-corrected chi connectivity index (χ4v) is 4.58. The van der Waals surface area contributed by atoms with Gasteiger partial charge in [0.2, 0.25) is 0 Å². The van der Waals surface area contributed by atoms with Gasteiger partial charge in [0.15, 0.2) is 9.84 Å². The van der Waals surface area contributed by atoms with Crippen molar-refractivity contribution < 1.29 is 18.0 Å². The second-order valence-corrected chi connectivity index (χ2v) is 8.62. The van der Waals surface area contributed by atoms with E-state index < -0.39 is 9.84 Å². The van der Waals surface area contributed by atoms with Crippen LogP contribution in [-0.2, 0) is 9.84 Å². The predicted molar refractivity (Wildman–Crippen MR) is 95.2 cm³/mol. The van der Waals surface area contributed by atoms with Crippen LogP contribution in [0.4, 0.5) is 0 Å². The molecule has 0 spiro atoms. The third-order valence-corrected chi connectivity index (χ3v) is 6.24. The van der Waals surface area contributed by atoms with E-state index in [1.165, 1.54) is 18.5 Å². The van der Waals surface area contributed by atoms with Crippen molar-refractivity contribution in [3.8, 4) is 0 Å². The van der Waals surface area contributed by atoms with E-state index in [1.54, 1.807) is 4.90 Å². The van der Waals surface area contributed by atoms with Crippen molar-refractivity contribution in [3.05, 3.63) is 29.6 Å². The van der Waals surface area contributed by atoms with Crippen LogP contribution in [0.2, 0.25) is 0 Å². The van der Waals surface area contributed by atoms with Gasteiger partial charge in [0.25, 0.3) is 11.8 Å². The van der Waals surface area contributed by atoms with E-state index in [-0.39, 0.29) is 35.4 Å². The van der Waals surface area contributed by atoms with E-state index in [0.29, 0.717) is 24.1 Å². The van der Waals surface area contributed by atoms with Crippen LogP contribution in [0.1, 0.15) is 54.3 Å². The molecular weight excluding hydrogens is 342 g/mol. The number of sulfone groups is 1. The Hall–Kier alpha value is -1.96. The van der Waals surface area contributed by atoms with Crippen molar-refractivity contribution in [1.82, 2.24) is 15.2 Å². The summed E-state index contributed by atoms with van der Waals surface area (Å²) in [5, 5.41) is 2.84. The summed E-state index contributed by atoms with van der Waals surface area (Å²) in [6.07, 6.45) is 4.08. The van der Waals surface area contributed by atoms with Crippen molar-refractivity contribution in [2.24, 2.45) is 0 Å². The fraction of sp³-hybridized carbons (Fsp3) is 0.588. The highest BCUT2D eigenvalue weighted by Gasteiger charge is 2.34. The highest BCUT2D eigenvalue weighted by molar-refractivity contribution is 7.91. The van der Waals surface area contributed by atoms with E-state index in [2.05, 4.69) is 10.3 Å². The Balaban J connectivity index is 2.18. The Morgan fingerprint density at radius 3 is 2.56 bits per heavy atom. The maximum atomic E-state index is 12.8. The Bertz CT molecular complexity index is 748. The summed E-state index contributed by atoms with van der Waals surface area (Å²) in [6.45, 7) is 6.09. The largest absolute Gasteiger partial charge is 0.350 e. The van der Waals surface area contributed by atoms with Crippen molar-refractivity contribution >= 4 is 21.7 Å². The van der Waals surface area contributed by atoms with Gasteiger partial charge >= 0.3 is 0 Å². The molecule has 1 saturated heterocycles. The average molecular weight is 367 g/mol. The van der Waals surface area contributed by atoms with Gasteiger partial charge in [0.05, 0.1) is 22.6 Å². The molecule has 138 valence electrons. The molecule has 8 heteroatoms. The SMILES string of the molecule is CCC(C)NC(=O)c1cncc(C(=O)N(CC)C2CCS(=O)(=O)C2)c1. The molecule has 1 aromatic heterocycles. The first kappa shape index (κ1) is 19.4. The maximum absolute atomic E-state index is 12.8.